The van der Waals surface area contributed by atoms with Gasteiger partial charge in [0.05, 0.1) is 10.8 Å². The van der Waals surface area contributed by atoms with Gasteiger partial charge in [0.1, 0.15) is 0 Å². The highest BCUT2D eigenvalue weighted by atomic mass is 14.5. The second kappa shape index (κ2) is 17.0. The van der Waals surface area contributed by atoms with E-state index in [1.807, 2.05) is 27.7 Å². The van der Waals surface area contributed by atoms with Crippen molar-refractivity contribution in [3.63, 3.8) is 0 Å². The molecule has 0 amide bonds. The van der Waals surface area contributed by atoms with E-state index in [9.17, 15) is 0 Å². The molecule has 0 aromatic heterocycles. The van der Waals surface area contributed by atoms with E-state index in [0.29, 0.717) is 0 Å². The zero-order valence-electron chi connectivity index (χ0n) is 37.1. The zero-order valence-corrected chi connectivity index (χ0v) is 37.1. The molecule has 3 aliphatic carbocycles. The van der Waals surface area contributed by atoms with Gasteiger partial charge in [0, 0.05) is 0 Å². The third-order valence-electron chi connectivity index (χ3n) is 13.4. The van der Waals surface area contributed by atoms with Gasteiger partial charge >= 0.3 is 0 Å². The predicted molar refractivity (Wildman–Crippen MR) is 271 cm³/mol. The molecule has 0 heterocycles. The molecule has 0 fully saturated rings. The van der Waals surface area contributed by atoms with E-state index >= 15 is 0 Å². The lowest BCUT2D eigenvalue weighted by molar-refractivity contribution is 0.760. The van der Waals surface area contributed by atoms with Crippen LogP contribution >= 0.6 is 0 Å². The fourth-order valence-electron chi connectivity index (χ4n) is 10.9. The van der Waals surface area contributed by atoms with Crippen LogP contribution < -0.4 is 0 Å². The first-order chi connectivity index (χ1) is 31.8. The Kier molecular flexibility index (Phi) is 10.7. The second-order valence-corrected chi connectivity index (χ2v) is 16.3. The van der Waals surface area contributed by atoms with Gasteiger partial charge in [0.2, 0.25) is 0 Å². The van der Waals surface area contributed by atoms with Crippen LogP contribution in [0.5, 0.6) is 0 Å². The van der Waals surface area contributed by atoms with Gasteiger partial charge < -0.3 is 0 Å². The van der Waals surface area contributed by atoms with Crippen LogP contribution in [0.2, 0.25) is 0 Å². The van der Waals surface area contributed by atoms with E-state index in [1.54, 1.807) is 0 Å². The summed E-state index contributed by atoms with van der Waals surface area (Å²) in [6, 6.07) is 87.7. The molecule has 0 nitrogen and oxygen atoms in total. The highest BCUT2D eigenvalue weighted by Crippen LogP contribution is 2.63. The number of fused-ring (bicyclic) bond motifs is 5. The summed E-state index contributed by atoms with van der Waals surface area (Å²) >= 11 is 0. The van der Waals surface area contributed by atoms with Gasteiger partial charge in [-0.2, -0.15) is 0 Å². The SMILES string of the molecule is C1=C(c2ccc(C3(c4ccccc4)c4ccccc4-c4c(-c5ccccc5)cccc43)cc2)C2=C1C(c1ccccc1)(c1ccccc1)c1cc(-c3ccccc3)ccc12.CC.CC. The molecule has 0 bridgehead atoms. The van der Waals surface area contributed by atoms with E-state index < -0.39 is 10.8 Å². The molecule has 0 saturated heterocycles. The molecular formula is C64H52. The van der Waals surface area contributed by atoms with E-state index in [4.69, 9.17) is 0 Å². The summed E-state index contributed by atoms with van der Waals surface area (Å²) in [4.78, 5) is 0. The minimum Gasteiger partial charge on any atom is -0.0683 e. The molecular weight excluding hydrogens is 769 g/mol. The first-order valence-corrected chi connectivity index (χ1v) is 23.0. The average molecular weight is 821 g/mol. The molecule has 0 spiro atoms. The molecule has 12 rings (SSSR count). The van der Waals surface area contributed by atoms with Gasteiger partial charge in [-0.1, -0.05) is 258 Å². The van der Waals surface area contributed by atoms with E-state index in [1.165, 1.54) is 100 Å². The minimum absolute atomic E-state index is 0.438. The molecule has 0 saturated carbocycles. The first kappa shape index (κ1) is 40.5. The van der Waals surface area contributed by atoms with Crippen LogP contribution in [0.3, 0.4) is 0 Å². The van der Waals surface area contributed by atoms with Gasteiger partial charge in [-0.15, -0.1) is 0 Å². The van der Waals surface area contributed by atoms with Crippen molar-refractivity contribution in [1.82, 2.24) is 0 Å². The van der Waals surface area contributed by atoms with Crippen LogP contribution in [0.4, 0.5) is 0 Å². The quantitative estimate of drug-likeness (QED) is 0.150. The summed E-state index contributed by atoms with van der Waals surface area (Å²) < 4.78 is 0. The van der Waals surface area contributed by atoms with Crippen LogP contribution in [0, 0.1) is 0 Å². The van der Waals surface area contributed by atoms with Gasteiger partial charge in [0.25, 0.3) is 0 Å². The first-order valence-electron chi connectivity index (χ1n) is 23.0. The van der Waals surface area contributed by atoms with Crippen molar-refractivity contribution in [3.05, 3.63) is 298 Å². The summed E-state index contributed by atoms with van der Waals surface area (Å²) in [6.45, 7) is 8.00. The Morgan fingerprint density at radius 2 is 0.734 bits per heavy atom. The average Bonchev–Trinajstić information content (AvgIpc) is 3.81. The molecule has 0 radical (unpaired) electrons. The maximum atomic E-state index is 2.48. The highest BCUT2D eigenvalue weighted by molar-refractivity contribution is 6.19. The predicted octanol–water partition coefficient (Wildman–Crippen LogP) is 16.6. The molecule has 308 valence electrons. The Labute approximate surface area is 379 Å². The number of rotatable bonds is 7. The third-order valence-corrected chi connectivity index (χ3v) is 13.4. The Morgan fingerprint density at radius 1 is 0.281 bits per heavy atom. The fourth-order valence-corrected chi connectivity index (χ4v) is 10.9. The summed E-state index contributed by atoms with van der Waals surface area (Å²) in [5.41, 5.74) is 22.3. The summed E-state index contributed by atoms with van der Waals surface area (Å²) in [5, 5.41) is 0. The lowest BCUT2D eigenvalue weighted by Crippen LogP contribution is -2.30. The smallest absolute Gasteiger partial charge is 0.0683 e. The standard InChI is InChI=1S/C60H40.2C2H6/c1-6-19-41(20-7-1)44-35-38-51-55(39-44)60(46-25-12-4-13-26-46,47-27-14-5-15-28-47)56-40-52(58(51)56)43-33-36-48(37-34-43)59(45-23-10-3-11-24-45)53-31-17-16-29-50(53)57-49(30-18-32-54(57)59)42-21-8-2-9-22-42;2*1-2/h1-40H;2*1-2H3. The monoisotopic (exact) mass is 820 g/mol. The van der Waals surface area contributed by atoms with Gasteiger partial charge in [-0.3, -0.25) is 0 Å². The molecule has 9 aromatic rings. The second-order valence-electron chi connectivity index (χ2n) is 16.3. The number of benzene rings is 9. The minimum atomic E-state index is -0.488. The van der Waals surface area contributed by atoms with Crippen molar-refractivity contribution in [2.24, 2.45) is 0 Å². The molecule has 3 aliphatic rings. The molecule has 0 N–H and O–H groups in total. The number of hydrogen-bond acceptors (Lipinski definition) is 0. The Bertz CT molecular complexity index is 3100. The molecule has 9 aromatic carbocycles. The Hall–Kier alpha value is -7.54. The molecule has 1 atom stereocenters. The van der Waals surface area contributed by atoms with E-state index in [-0.39, 0.29) is 0 Å². The zero-order chi connectivity index (χ0) is 43.7. The van der Waals surface area contributed by atoms with Crippen molar-refractivity contribution < 1.29 is 0 Å². The fraction of sp³-hybridized carbons (Fsp3) is 0.0938. The van der Waals surface area contributed by atoms with Gasteiger partial charge in [-0.25, -0.2) is 0 Å². The summed E-state index contributed by atoms with van der Waals surface area (Å²) in [6.07, 6.45) is 2.48. The van der Waals surface area contributed by atoms with Crippen LogP contribution in [-0.4, -0.2) is 0 Å². The molecule has 0 aliphatic heterocycles. The maximum Gasteiger partial charge on any atom is 0.0714 e. The normalized spacial score (nSPS) is 15.7. The van der Waals surface area contributed by atoms with Gasteiger partial charge in [0.15, 0.2) is 0 Å². The molecule has 1 unspecified atom stereocenters. The van der Waals surface area contributed by atoms with Crippen molar-refractivity contribution in [2.75, 3.05) is 0 Å². The van der Waals surface area contributed by atoms with Crippen molar-refractivity contribution in [2.45, 2.75) is 38.5 Å². The van der Waals surface area contributed by atoms with E-state index in [2.05, 4.69) is 243 Å². The number of hydrogen-bond donors (Lipinski definition) is 0. The topological polar surface area (TPSA) is 0 Å². The largest absolute Gasteiger partial charge is 0.0714 e. The van der Waals surface area contributed by atoms with Crippen LogP contribution in [0.25, 0.3) is 44.5 Å². The lowest BCUT2D eigenvalue weighted by Gasteiger charge is -2.37. The van der Waals surface area contributed by atoms with Crippen molar-refractivity contribution in [1.29, 1.82) is 0 Å². The van der Waals surface area contributed by atoms with Gasteiger partial charge in [-0.05, 0) is 112 Å². The summed E-state index contributed by atoms with van der Waals surface area (Å²) in [5.74, 6) is 0. The highest BCUT2D eigenvalue weighted by Gasteiger charge is 2.51. The number of allylic oxidation sites excluding steroid dienone is 4. The molecule has 64 heavy (non-hydrogen) atoms. The lowest BCUT2D eigenvalue weighted by atomic mass is 9.64. The third kappa shape index (κ3) is 6.05. The van der Waals surface area contributed by atoms with Crippen molar-refractivity contribution >= 4 is 11.1 Å². The molecule has 0 heteroatoms. The summed E-state index contributed by atoms with van der Waals surface area (Å²) in [7, 11) is 0. The van der Waals surface area contributed by atoms with Crippen LogP contribution in [0.1, 0.15) is 77.8 Å². The van der Waals surface area contributed by atoms with Crippen LogP contribution in [-0.2, 0) is 10.8 Å². The van der Waals surface area contributed by atoms with E-state index in [0.717, 1.165) is 0 Å². The Balaban J connectivity index is 0.00000118. The Morgan fingerprint density at radius 3 is 1.33 bits per heavy atom. The van der Waals surface area contributed by atoms with Crippen LogP contribution in [0.15, 0.2) is 248 Å². The maximum absolute atomic E-state index is 2.48. The van der Waals surface area contributed by atoms with Crippen molar-refractivity contribution in [3.8, 4) is 33.4 Å².